The number of anilines is 1. The van der Waals surface area contributed by atoms with Crippen LogP contribution in [0, 0.1) is 0 Å². The highest BCUT2D eigenvalue weighted by Crippen LogP contribution is 2.16. The summed E-state index contributed by atoms with van der Waals surface area (Å²) in [6.07, 6.45) is 3.56. The molecule has 0 fully saturated rings. The maximum Gasteiger partial charge on any atom is 0.340 e. The summed E-state index contributed by atoms with van der Waals surface area (Å²) in [5.41, 5.74) is 7.17. The number of hydrogen-bond acceptors (Lipinski definition) is 5. The lowest BCUT2D eigenvalue weighted by Gasteiger charge is -2.06. The van der Waals surface area contributed by atoms with Crippen molar-refractivity contribution in [1.82, 2.24) is 0 Å². The van der Waals surface area contributed by atoms with Gasteiger partial charge < -0.3 is 15.2 Å². The molecular weight excluding hydrogens is 246 g/mol. The number of nitrogens with two attached hydrogens (primary N) is 1. The van der Waals surface area contributed by atoms with Gasteiger partial charge in [-0.2, -0.15) is 0 Å². The summed E-state index contributed by atoms with van der Waals surface area (Å²) in [6.45, 7) is 2.02. The van der Waals surface area contributed by atoms with E-state index < -0.39 is 5.97 Å². The van der Waals surface area contributed by atoms with Gasteiger partial charge >= 0.3 is 11.9 Å². The molecule has 0 aromatic heterocycles. The van der Waals surface area contributed by atoms with E-state index >= 15 is 0 Å². The van der Waals surface area contributed by atoms with Gasteiger partial charge in [0.15, 0.2) is 0 Å². The molecule has 5 nitrogen and oxygen atoms in total. The summed E-state index contributed by atoms with van der Waals surface area (Å²) in [5.74, 6) is -0.777. The number of carbonyl (C=O) groups is 2. The van der Waals surface area contributed by atoms with Crippen molar-refractivity contribution in [3.05, 3.63) is 35.4 Å². The van der Waals surface area contributed by atoms with Crippen LogP contribution in [0.4, 0.5) is 5.69 Å². The van der Waals surface area contributed by atoms with E-state index in [0.717, 1.165) is 5.56 Å². The van der Waals surface area contributed by atoms with Crippen LogP contribution in [-0.2, 0) is 14.3 Å². The molecule has 0 amide bonds. The molecule has 0 aliphatic rings. The van der Waals surface area contributed by atoms with Gasteiger partial charge in [0.25, 0.3) is 0 Å². The lowest BCUT2D eigenvalue weighted by atomic mass is 10.1. The van der Waals surface area contributed by atoms with Crippen LogP contribution < -0.4 is 5.73 Å². The largest absolute Gasteiger partial charge is 0.469 e. The third-order valence-electron chi connectivity index (χ3n) is 2.40. The van der Waals surface area contributed by atoms with Crippen molar-refractivity contribution >= 4 is 23.7 Å². The zero-order chi connectivity index (χ0) is 14.3. The van der Waals surface area contributed by atoms with Crippen LogP contribution in [0.15, 0.2) is 24.3 Å². The number of methoxy groups -OCH3 is 1. The molecule has 102 valence electrons. The number of hydrogen-bond donors (Lipinski definition) is 1. The Morgan fingerprint density at radius 1 is 1.37 bits per heavy atom. The maximum atomic E-state index is 11.6. The smallest absolute Gasteiger partial charge is 0.340 e. The molecule has 0 radical (unpaired) electrons. The number of benzene rings is 1. The average Bonchev–Trinajstić information content (AvgIpc) is 2.40. The fourth-order valence-electron chi connectivity index (χ4n) is 1.44. The molecule has 0 saturated heterocycles. The monoisotopic (exact) mass is 263 g/mol. The maximum absolute atomic E-state index is 11.6. The number of esters is 2. The van der Waals surface area contributed by atoms with Crippen molar-refractivity contribution in [1.29, 1.82) is 0 Å². The van der Waals surface area contributed by atoms with Gasteiger partial charge in [-0.05, 0) is 24.6 Å². The zero-order valence-electron chi connectivity index (χ0n) is 11.0. The predicted molar refractivity (Wildman–Crippen MR) is 72.5 cm³/mol. The van der Waals surface area contributed by atoms with E-state index in [4.69, 9.17) is 10.5 Å². The summed E-state index contributed by atoms with van der Waals surface area (Å²) >= 11 is 0. The van der Waals surface area contributed by atoms with Crippen molar-refractivity contribution in [2.45, 2.75) is 13.3 Å². The molecule has 0 bridgehead atoms. The molecule has 19 heavy (non-hydrogen) atoms. The van der Waals surface area contributed by atoms with Crippen molar-refractivity contribution in [2.24, 2.45) is 0 Å². The van der Waals surface area contributed by atoms with Crippen molar-refractivity contribution in [3.63, 3.8) is 0 Å². The van der Waals surface area contributed by atoms with Crippen LogP contribution in [0.5, 0.6) is 0 Å². The fraction of sp³-hybridized carbons (Fsp3) is 0.286. The Morgan fingerprint density at radius 2 is 2.11 bits per heavy atom. The Labute approximate surface area is 112 Å². The molecular formula is C14H17NO4. The first-order valence-electron chi connectivity index (χ1n) is 5.88. The molecule has 0 aliphatic heterocycles. The van der Waals surface area contributed by atoms with Gasteiger partial charge in [-0.15, -0.1) is 0 Å². The van der Waals surface area contributed by atoms with Gasteiger partial charge in [0, 0.05) is 5.69 Å². The number of nitrogen functional groups attached to an aromatic ring is 1. The second-order valence-electron chi connectivity index (χ2n) is 3.75. The zero-order valence-corrected chi connectivity index (χ0v) is 11.0. The van der Waals surface area contributed by atoms with Gasteiger partial charge in [-0.1, -0.05) is 18.2 Å². The Kier molecular flexibility index (Phi) is 5.60. The van der Waals surface area contributed by atoms with E-state index in [0.29, 0.717) is 17.9 Å². The number of ether oxygens (including phenoxy) is 2. The van der Waals surface area contributed by atoms with E-state index in [9.17, 15) is 9.59 Å². The third kappa shape index (κ3) is 4.46. The average molecular weight is 263 g/mol. The summed E-state index contributed by atoms with van der Waals surface area (Å²) in [4.78, 5) is 22.6. The van der Waals surface area contributed by atoms with Gasteiger partial charge in [0.05, 0.1) is 25.7 Å². The van der Waals surface area contributed by atoms with Crippen LogP contribution in [0.2, 0.25) is 0 Å². The second kappa shape index (κ2) is 7.20. The second-order valence-corrected chi connectivity index (χ2v) is 3.75. The molecule has 1 aromatic carbocycles. The Balaban J connectivity index is 2.84. The molecule has 2 N–H and O–H groups in total. The minimum absolute atomic E-state index is 0.176. The number of rotatable bonds is 5. The molecule has 0 spiro atoms. The molecule has 1 rings (SSSR count). The van der Waals surface area contributed by atoms with E-state index in [2.05, 4.69) is 4.74 Å². The summed E-state index contributed by atoms with van der Waals surface area (Å²) in [7, 11) is 1.33. The summed E-state index contributed by atoms with van der Waals surface area (Å²) < 4.78 is 9.42. The van der Waals surface area contributed by atoms with E-state index in [-0.39, 0.29) is 12.4 Å². The first-order chi connectivity index (χ1) is 9.08. The van der Waals surface area contributed by atoms with Gasteiger partial charge in [0.1, 0.15) is 0 Å². The van der Waals surface area contributed by atoms with Crippen LogP contribution in [0.1, 0.15) is 29.3 Å². The quantitative estimate of drug-likeness (QED) is 0.649. The summed E-state index contributed by atoms with van der Waals surface area (Å²) in [6, 6.07) is 5.01. The highest BCUT2D eigenvalue weighted by atomic mass is 16.5. The van der Waals surface area contributed by atoms with Crippen molar-refractivity contribution < 1.29 is 19.1 Å². The normalized spacial score (nSPS) is 10.4. The Morgan fingerprint density at radius 3 is 2.74 bits per heavy atom. The summed E-state index contributed by atoms with van der Waals surface area (Å²) in [5, 5.41) is 0. The first kappa shape index (κ1) is 14.8. The minimum atomic E-state index is -0.455. The molecule has 0 aliphatic carbocycles. The van der Waals surface area contributed by atoms with Crippen molar-refractivity contribution in [2.75, 3.05) is 19.5 Å². The Bertz CT molecular complexity index is 494. The van der Waals surface area contributed by atoms with Gasteiger partial charge in [-0.3, -0.25) is 4.79 Å². The third-order valence-corrected chi connectivity index (χ3v) is 2.40. The van der Waals surface area contributed by atoms with E-state index in [1.165, 1.54) is 7.11 Å². The first-order valence-corrected chi connectivity index (χ1v) is 5.88. The van der Waals surface area contributed by atoms with Crippen LogP contribution in [0.25, 0.3) is 6.08 Å². The van der Waals surface area contributed by atoms with E-state index in [1.54, 1.807) is 37.3 Å². The molecule has 0 unspecified atom stereocenters. The highest BCUT2D eigenvalue weighted by Gasteiger charge is 2.10. The SMILES string of the molecule is CCOC(=O)c1cc(C=CCC(=O)OC)ccc1N. The van der Waals surface area contributed by atoms with Crippen LogP contribution >= 0.6 is 0 Å². The van der Waals surface area contributed by atoms with Gasteiger partial charge in [-0.25, -0.2) is 4.79 Å². The van der Waals surface area contributed by atoms with Crippen molar-refractivity contribution in [3.8, 4) is 0 Å². The highest BCUT2D eigenvalue weighted by molar-refractivity contribution is 5.95. The lowest BCUT2D eigenvalue weighted by Crippen LogP contribution is -2.08. The van der Waals surface area contributed by atoms with Gasteiger partial charge in [0.2, 0.25) is 0 Å². The number of carbonyl (C=O) groups excluding carboxylic acids is 2. The predicted octanol–water partition coefficient (Wildman–Crippen LogP) is 2.02. The standard InChI is InChI=1S/C14H17NO4/c1-3-19-14(17)11-9-10(7-8-12(11)15)5-4-6-13(16)18-2/h4-5,7-9H,3,6,15H2,1-2H3. The molecule has 0 atom stereocenters. The topological polar surface area (TPSA) is 78.6 Å². The molecule has 0 saturated carbocycles. The molecule has 5 heteroatoms. The van der Waals surface area contributed by atoms with E-state index in [1.807, 2.05) is 0 Å². The molecule has 1 aromatic rings. The fourth-order valence-corrected chi connectivity index (χ4v) is 1.44. The van der Waals surface area contributed by atoms with Crippen LogP contribution in [-0.4, -0.2) is 25.7 Å². The van der Waals surface area contributed by atoms with Crippen LogP contribution in [0.3, 0.4) is 0 Å². The Hall–Kier alpha value is -2.30. The molecule has 0 heterocycles. The lowest BCUT2D eigenvalue weighted by molar-refractivity contribution is -0.139. The minimum Gasteiger partial charge on any atom is -0.469 e.